The van der Waals surface area contributed by atoms with E-state index in [-0.39, 0.29) is 5.91 Å². The van der Waals surface area contributed by atoms with Gasteiger partial charge in [-0.15, -0.1) is 0 Å². The lowest BCUT2D eigenvalue weighted by atomic mass is 10.1. The molecule has 1 aromatic carbocycles. The highest BCUT2D eigenvalue weighted by Crippen LogP contribution is 2.20. The van der Waals surface area contributed by atoms with Crippen LogP contribution in [0.2, 0.25) is 0 Å². The highest BCUT2D eigenvalue weighted by molar-refractivity contribution is 5.96. The number of benzene rings is 1. The number of hydrogen-bond donors (Lipinski definition) is 0. The van der Waals surface area contributed by atoms with Gasteiger partial charge in [-0.1, -0.05) is 12.1 Å². The fourth-order valence-corrected chi connectivity index (χ4v) is 2.01. The van der Waals surface area contributed by atoms with E-state index in [0.717, 1.165) is 11.5 Å². The van der Waals surface area contributed by atoms with Gasteiger partial charge in [0, 0.05) is 7.05 Å². The molecular formula is C16H19NO3. The lowest BCUT2D eigenvalue weighted by Gasteiger charge is -2.17. The number of furan rings is 1. The van der Waals surface area contributed by atoms with Gasteiger partial charge in [-0.05, 0) is 38.1 Å². The Morgan fingerprint density at radius 1 is 1.25 bits per heavy atom. The molecule has 0 aliphatic heterocycles. The van der Waals surface area contributed by atoms with E-state index in [1.54, 1.807) is 18.0 Å². The van der Waals surface area contributed by atoms with Crippen LogP contribution in [0.5, 0.6) is 5.75 Å². The molecule has 1 aromatic heterocycles. The van der Waals surface area contributed by atoms with Crippen molar-refractivity contribution in [1.82, 2.24) is 4.90 Å². The minimum Gasteiger partial charge on any atom is -0.493 e. The summed E-state index contributed by atoms with van der Waals surface area (Å²) in [7, 11) is 1.75. The van der Waals surface area contributed by atoms with Crippen LogP contribution in [0.1, 0.15) is 28.8 Å². The zero-order valence-electron chi connectivity index (χ0n) is 12.1. The van der Waals surface area contributed by atoms with E-state index in [0.29, 0.717) is 24.5 Å². The molecule has 106 valence electrons. The van der Waals surface area contributed by atoms with Crippen LogP contribution in [0.15, 0.2) is 40.8 Å². The van der Waals surface area contributed by atoms with E-state index in [1.807, 2.05) is 44.2 Å². The molecule has 0 bridgehead atoms. The van der Waals surface area contributed by atoms with Gasteiger partial charge in [0.25, 0.3) is 5.91 Å². The summed E-state index contributed by atoms with van der Waals surface area (Å²) >= 11 is 0. The van der Waals surface area contributed by atoms with Crippen LogP contribution in [0.4, 0.5) is 0 Å². The van der Waals surface area contributed by atoms with E-state index >= 15 is 0 Å². The summed E-state index contributed by atoms with van der Waals surface area (Å²) in [5.41, 5.74) is 0.570. The third kappa shape index (κ3) is 3.20. The van der Waals surface area contributed by atoms with Gasteiger partial charge >= 0.3 is 0 Å². The summed E-state index contributed by atoms with van der Waals surface area (Å²) in [5, 5.41) is 0. The van der Waals surface area contributed by atoms with E-state index in [4.69, 9.17) is 9.15 Å². The first-order valence-electron chi connectivity index (χ1n) is 6.64. The first kappa shape index (κ1) is 14.2. The van der Waals surface area contributed by atoms with Crippen molar-refractivity contribution in [2.45, 2.75) is 20.4 Å². The minimum absolute atomic E-state index is 0.0805. The Hall–Kier alpha value is -2.23. The predicted molar refractivity (Wildman–Crippen MR) is 76.9 cm³/mol. The molecule has 0 saturated carbocycles. The van der Waals surface area contributed by atoms with Crippen LogP contribution in [0.3, 0.4) is 0 Å². The van der Waals surface area contributed by atoms with Gasteiger partial charge in [0.05, 0.1) is 18.7 Å². The van der Waals surface area contributed by atoms with Crippen LogP contribution in [-0.2, 0) is 6.54 Å². The molecule has 0 spiro atoms. The SMILES string of the molecule is CCOc1ccccc1C(=O)N(C)Cc1ccc(C)o1. The summed E-state index contributed by atoms with van der Waals surface area (Å²) in [4.78, 5) is 14.1. The van der Waals surface area contributed by atoms with Crippen molar-refractivity contribution in [3.63, 3.8) is 0 Å². The van der Waals surface area contributed by atoms with Crippen LogP contribution in [-0.4, -0.2) is 24.5 Å². The molecule has 4 nitrogen and oxygen atoms in total. The van der Waals surface area contributed by atoms with Gasteiger partial charge in [0.2, 0.25) is 0 Å². The molecule has 0 unspecified atom stereocenters. The summed E-state index contributed by atoms with van der Waals surface area (Å²) < 4.78 is 11.0. The molecule has 1 amide bonds. The van der Waals surface area contributed by atoms with Crippen LogP contribution in [0.25, 0.3) is 0 Å². The fourth-order valence-electron chi connectivity index (χ4n) is 2.01. The third-order valence-electron chi connectivity index (χ3n) is 2.95. The molecule has 0 radical (unpaired) electrons. The van der Waals surface area contributed by atoms with Crippen LogP contribution >= 0.6 is 0 Å². The number of hydrogen-bond acceptors (Lipinski definition) is 3. The first-order chi connectivity index (χ1) is 9.61. The van der Waals surface area contributed by atoms with Crippen molar-refractivity contribution in [2.24, 2.45) is 0 Å². The molecule has 0 N–H and O–H groups in total. The van der Waals surface area contributed by atoms with Crippen molar-refractivity contribution in [3.8, 4) is 5.75 Å². The Balaban J connectivity index is 2.14. The second kappa shape index (κ2) is 6.28. The standard InChI is InChI=1S/C16H19NO3/c1-4-19-15-8-6-5-7-14(15)16(18)17(3)11-13-10-9-12(2)20-13/h5-10H,4,11H2,1-3H3. The quantitative estimate of drug-likeness (QED) is 0.839. The fraction of sp³-hybridized carbons (Fsp3) is 0.312. The van der Waals surface area contributed by atoms with Crippen molar-refractivity contribution in [3.05, 3.63) is 53.5 Å². The number of rotatable bonds is 5. The number of carbonyl (C=O) groups is 1. The van der Waals surface area contributed by atoms with Gasteiger partial charge in [0.15, 0.2) is 0 Å². The Bertz CT molecular complexity index is 589. The Morgan fingerprint density at radius 3 is 2.65 bits per heavy atom. The van der Waals surface area contributed by atoms with E-state index in [2.05, 4.69) is 0 Å². The van der Waals surface area contributed by atoms with Crippen LogP contribution < -0.4 is 4.74 Å². The number of amides is 1. The summed E-state index contributed by atoms with van der Waals surface area (Å²) in [6.45, 7) is 4.75. The molecule has 0 aliphatic carbocycles. The summed E-state index contributed by atoms with van der Waals surface area (Å²) in [6, 6.07) is 11.0. The number of nitrogens with zero attached hydrogens (tertiary/aromatic N) is 1. The molecule has 2 rings (SSSR count). The second-order valence-electron chi connectivity index (χ2n) is 4.60. The average Bonchev–Trinajstić information content (AvgIpc) is 2.84. The zero-order chi connectivity index (χ0) is 14.5. The minimum atomic E-state index is -0.0805. The van der Waals surface area contributed by atoms with Crippen LogP contribution in [0, 0.1) is 6.92 Å². The monoisotopic (exact) mass is 273 g/mol. The maximum Gasteiger partial charge on any atom is 0.257 e. The second-order valence-corrected chi connectivity index (χ2v) is 4.60. The molecule has 20 heavy (non-hydrogen) atoms. The maximum absolute atomic E-state index is 12.5. The predicted octanol–water partition coefficient (Wildman–Crippen LogP) is 3.26. The van der Waals surface area contributed by atoms with Gasteiger partial charge < -0.3 is 14.1 Å². The normalized spacial score (nSPS) is 10.3. The Kier molecular flexibility index (Phi) is 4.45. The lowest BCUT2D eigenvalue weighted by molar-refractivity contribution is 0.0771. The van der Waals surface area contributed by atoms with Gasteiger partial charge in [-0.3, -0.25) is 4.79 Å². The molecule has 0 atom stereocenters. The van der Waals surface area contributed by atoms with E-state index < -0.39 is 0 Å². The smallest absolute Gasteiger partial charge is 0.257 e. The Morgan fingerprint density at radius 2 is 2.00 bits per heavy atom. The van der Waals surface area contributed by atoms with Crippen molar-refractivity contribution in [2.75, 3.05) is 13.7 Å². The lowest BCUT2D eigenvalue weighted by Crippen LogP contribution is -2.26. The highest BCUT2D eigenvalue weighted by atomic mass is 16.5. The van der Waals surface area contributed by atoms with Crippen molar-refractivity contribution >= 4 is 5.91 Å². The van der Waals surface area contributed by atoms with E-state index in [9.17, 15) is 4.79 Å². The maximum atomic E-state index is 12.5. The summed E-state index contributed by atoms with van der Waals surface area (Å²) in [5.74, 6) is 2.15. The van der Waals surface area contributed by atoms with Gasteiger partial charge in [0.1, 0.15) is 17.3 Å². The number of ether oxygens (including phenoxy) is 1. The Labute approximate surface area is 119 Å². The molecule has 1 heterocycles. The molecule has 2 aromatic rings. The molecule has 0 saturated heterocycles. The number of para-hydroxylation sites is 1. The molecule has 0 fully saturated rings. The highest BCUT2D eigenvalue weighted by Gasteiger charge is 2.17. The third-order valence-corrected chi connectivity index (χ3v) is 2.95. The van der Waals surface area contributed by atoms with Crippen molar-refractivity contribution < 1.29 is 13.9 Å². The van der Waals surface area contributed by atoms with Gasteiger partial charge in [-0.25, -0.2) is 0 Å². The molecule has 0 aliphatic rings. The van der Waals surface area contributed by atoms with Crippen molar-refractivity contribution in [1.29, 1.82) is 0 Å². The topological polar surface area (TPSA) is 42.7 Å². The van der Waals surface area contributed by atoms with Gasteiger partial charge in [-0.2, -0.15) is 0 Å². The summed E-state index contributed by atoms with van der Waals surface area (Å²) in [6.07, 6.45) is 0. The molecule has 4 heteroatoms. The first-order valence-corrected chi connectivity index (χ1v) is 6.64. The molecular weight excluding hydrogens is 254 g/mol. The zero-order valence-corrected chi connectivity index (χ0v) is 12.1. The average molecular weight is 273 g/mol. The largest absolute Gasteiger partial charge is 0.493 e. The number of carbonyl (C=O) groups excluding carboxylic acids is 1. The van der Waals surface area contributed by atoms with E-state index in [1.165, 1.54) is 0 Å². The number of aryl methyl sites for hydroxylation is 1.